The van der Waals surface area contributed by atoms with Gasteiger partial charge in [-0.2, -0.15) is 0 Å². The molecule has 0 aliphatic carbocycles. The van der Waals surface area contributed by atoms with Gasteiger partial charge in [-0.1, -0.05) is 29.5 Å². The van der Waals surface area contributed by atoms with Crippen LogP contribution < -0.4 is 14.9 Å². The van der Waals surface area contributed by atoms with E-state index in [1.165, 1.54) is 9.95 Å². The zero-order chi connectivity index (χ0) is 14.9. The molecule has 0 radical (unpaired) electrons. The Morgan fingerprint density at radius 2 is 2.00 bits per heavy atom. The fourth-order valence-corrected chi connectivity index (χ4v) is 2.58. The van der Waals surface area contributed by atoms with Gasteiger partial charge in [0.2, 0.25) is 5.88 Å². The maximum atomic E-state index is 11.4. The highest BCUT2D eigenvalue weighted by Crippen LogP contribution is 2.10. The number of para-hydroxylation sites is 1. The van der Waals surface area contributed by atoms with Crippen LogP contribution in [0.1, 0.15) is 12.8 Å². The molecule has 2 aromatic rings. The average molecular weight is 308 g/mol. The predicted molar refractivity (Wildman–Crippen MR) is 84.3 cm³/mol. The number of hydrogen-bond acceptors (Lipinski definition) is 5. The highest BCUT2D eigenvalue weighted by atomic mass is 32.1. The number of aromatic hydroxyl groups is 1. The molecule has 0 aliphatic rings. The molecule has 0 bridgehead atoms. The quantitative estimate of drug-likeness (QED) is 0.696. The molecule has 0 spiro atoms. The molecule has 2 N–H and O–H groups in total. The zero-order valence-corrected chi connectivity index (χ0v) is 12.6. The summed E-state index contributed by atoms with van der Waals surface area (Å²) in [7, 11) is 0. The first-order valence-corrected chi connectivity index (χ1v) is 7.91. The molecule has 0 saturated heterocycles. The molecule has 0 atom stereocenters. The number of ether oxygens (including phenoxy) is 1. The van der Waals surface area contributed by atoms with E-state index in [1.807, 2.05) is 30.3 Å². The molecule has 0 unspecified atom stereocenters. The molecule has 21 heavy (non-hydrogen) atoms. The lowest BCUT2D eigenvalue weighted by molar-refractivity contribution is 0.313. The van der Waals surface area contributed by atoms with Crippen molar-refractivity contribution in [3.8, 4) is 11.6 Å². The normalized spacial score (nSPS) is 10.7. The lowest BCUT2D eigenvalue weighted by atomic mass is 10.3. The first kappa shape index (κ1) is 15.6. The minimum absolute atomic E-state index is 0.0641. The molecule has 0 aliphatic heterocycles. The minimum Gasteiger partial charge on any atom is -0.494 e. The summed E-state index contributed by atoms with van der Waals surface area (Å²) in [5.74, 6) is 0.945. The number of unbranched alkanes of at least 4 members (excludes halogenated alkanes) is 1. The smallest absolute Gasteiger partial charge is 0.309 e. The van der Waals surface area contributed by atoms with Crippen molar-refractivity contribution >= 4 is 11.3 Å². The first-order valence-electron chi connectivity index (χ1n) is 7.03. The summed E-state index contributed by atoms with van der Waals surface area (Å²) in [6.07, 6.45) is 1.81. The second-order valence-corrected chi connectivity index (χ2v) is 5.45. The Labute approximate surface area is 127 Å². The minimum atomic E-state index is -0.100. The highest BCUT2D eigenvalue weighted by Gasteiger charge is 2.03. The van der Waals surface area contributed by atoms with E-state index in [0.717, 1.165) is 43.0 Å². The second-order valence-electron chi connectivity index (χ2n) is 4.63. The standard InChI is InChI=1S/C15H20N2O3S/c18-14-12-21-15(19)17(14)10-5-4-8-16-9-11-20-13-6-2-1-3-7-13/h1-3,6-7,12,16,18H,4-5,8-11H2. The zero-order valence-electron chi connectivity index (χ0n) is 11.8. The third-order valence-electron chi connectivity index (χ3n) is 3.04. The number of hydrogen-bond donors (Lipinski definition) is 2. The van der Waals surface area contributed by atoms with Gasteiger partial charge in [0.15, 0.2) is 0 Å². The second kappa shape index (κ2) is 8.49. The fourth-order valence-electron chi connectivity index (χ4n) is 1.93. The van der Waals surface area contributed by atoms with E-state index in [9.17, 15) is 9.90 Å². The van der Waals surface area contributed by atoms with Crippen molar-refractivity contribution in [2.24, 2.45) is 0 Å². The Morgan fingerprint density at radius 3 is 2.71 bits per heavy atom. The highest BCUT2D eigenvalue weighted by molar-refractivity contribution is 7.07. The Bertz CT molecular complexity index is 580. The van der Waals surface area contributed by atoms with Crippen LogP contribution in [0.25, 0.3) is 0 Å². The summed E-state index contributed by atoms with van der Waals surface area (Å²) >= 11 is 1.03. The molecule has 6 heteroatoms. The number of aromatic nitrogens is 1. The summed E-state index contributed by atoms with van der Waals surface area (Å²) in [6, 6.07) is 9.73. The predicted octanol–water partition coefficient (Wildman–Crippen LogP) is 2.06. The van der Waals surface area contributed by atoms with Crippen molar-refractivity contribution in [1.29, 1.82) is 0 Å². The molecule has 1 aromatic heterocycles. The fraction of sp³-hybridized carbons (Fsp3) is 0.400. The third-order valence-corrected chi connectivity index (χ3v) is 3.79. The molecule has 114 valence electrons. The first-order chi connectivity index (χ1) is 10.3. The van der Waals surface area contributed by atoms with Crippen LogP contribution in [0.3, 0.4) is 0 Å². The summed E-state index contributed by atoms with van der Waals surface area (Å²) in [5, 5.41) is 14.2. The van der Waals surface area contributed by atoms with E-state index in [-0.39, 0.29) is 10.8 Å². The van der Waals surface area contributed by atoms with E-state index in [4.69, 9.17) is 4.74 Å². The van der Waals surface area contributed by atoms with Gasteiger partial charge in [0, 0.05) is 13.1 Å². The molecule has 5 nitrogen and oxygen atoms in total. The van der Waals surface area contributed by atoms with Crippen LogP contribution in [0.5, 0.6) is 11.6 Å². The number of benzene rings is 1. The van der Waals surface area contributed by atoms with E-state index >= 15 is 0 Å². The van der Waals surface area contributed by atoms with E-state index in [0.29, 0.717) is 13.2 Å². The van der Waals surface area contributed by atoms with Crippen molar-refractivity contribution in [1.82, 2.24) is 9.88 Å². The molecule has 1 aromatic carbocycles. The van der Waals surface area contributed by atoms with E-state index < -0.39 is 0 Å². The van der Waals surface area contributed by atoms with Crippen LogP contribution in [0, 0.1) is 0 Å². The summed E-state index contributed by atoms with van der Waals surface area (Å²) in [6.45, 7) is 2.86. The Hall–Kier alpha value is -1.79. The SMILES string of the molecule is O=c1scc(O)n1CCCCNCCOc1ccccc1. The maximum absolute atomic E-state index is 11.4. The van der Waals surface area contributed by atoms with Gasteiger partial charge in [0.25, 0.3) is 0 Å². The molecule has 0 amide bonds. The van der Waals surface area contributed by atoms with E-state index in [1.54, 1.807) is 0 Å². The maximum Gasteiger partial charge on any atom is 0.309 e. The van der Waals surface area contributed by atoms with Crippen molar-refractivity contribution in [3.05, 3.63) is 45.4 Å². The van der Waals surface area contributed by atoms with Crippen molar-refractivity contribution in [2.45, 2.75) is 19.4 Å². The van der Waals surface area contributed by atoms with Gasteiger partial charge in [-0.05, 0) is 31.5 Å². The lowest BCUT2D eigenvalue weighted by Gasteiger charge is -2.07. The van der Waals surface area contributed by atoms with Crippen LogP contribution in [-0.2, 0) is 6.54 Å². The Morgan fingerprint density at radius 1 is 1.19 bits per heavy atom. The van der Waals surface area contributed by atoms with Crippen LogP contribution in [0.15, 0.2) is 40.5 Å². The van der Waals surface area contributed by atoms with Crippen molar-refractivity contribution < 1.29 is 9.84 Å². The number of nitrogens with zero attached hydrogens (tertiary/aromatic N) is 1. The van der Waals surface area contributed by atoms with Crippen LogP contribution in [0.4, 0.5) is 0 Å². The lowest BCUT2D eigenvalue weighted by Crippen LogP contribution is -2.22. The number of nitrogens with one attached hydrogen (secondary N) is 1. The number of rotatable bonds is 9. The van der Waals surface area contributed by atoms with Crippen LogP contribution >= 0.6 is 11.3 Å². The molecule has 0 saturated carbocycles. The van der Waals surface area contributed by atoms with Crippen molar-refractivity contribution in [3.63, 3.8) is 0 Å². The average Bonchev–Trinajstić information content (AvgIpc) is 2.82. The molecular formula is C15H20N2O3S. The summed E-state index contributed by atoms with van der Waals surface area (Å²) in [4.78, 5) is 11.3. The molecule has 2 rings (SSSR count). The third kappa shape index (κ3) is 5.24. The summed E-state index contributed by atoms with van der Waals surface area (Å²) in [5.41, 5.74) is 0. The summed E-state index contributed by atoms with van der Waals surface area (Å²) < 4.78 is 6.97. The van der Waals surface area contributed by atoms with Gasteiger partial charge in [-0.3, -0.25) is 9.36 Å². The van der Waals surface area contributed by atoms with Gasteiger partial charge < -0.3 is 15.2 Å². The van der Waals surface area contributed by atoms with Gasteiger partial charge in [0.05, 0.1) is 5.38 Å². The number of thiazole rings is 1. The Balaban J connectivity index is 1.50. The monoisotopic (exact) mass is 308 g/mol. The van der Waals surface area contributed by atoms with E-state index in [2.05, 4.69) is 5.32 Å². The molecule has 0 fully saturated rings. The van der Waals surface area contributed by atoms with Gasteiger partial charge >= 0.3 is 4.87 Å². The Kier molecular flexibility index (Phi) is 6.30. The van der Waals surface area contributed by atoms with Crippen LogP contribution in [-0.4, -0.2) is 29.4 Å². The topological polar surface area (TPSA) is 63.5 Å². The molecule has 1 heterocycles. The van der Waals surface area contributed by atoms with Crippen molar-refractivity contribution in [2.75, 3.05) is 19.7 Å². The van der Waals surface area contributed by atoms with Crippen LogP contribution in [0.2, 0.25) is 0 Å². The van der Waals surface area contributed by atoms with Gasteiger partial charge in [-0.25, -0.2) is 0 Å². The van der Waals surface area contributed by atoms with Gasteiger partial charge in [-0.15, -0.1) is 0 Å². The largest absolute Gasteiger partial charge is 0.494 e. The van der Waals surface area contributed by atoms with Gasteiger partial charge in [0.1, 0.15) is 12.4 Å². The molecular weight excluding hydrogens is 288 g/mol.